The molecule has 1 aliphatic rings. The van der Waals surface area contributed by atoms with Crippen LogP contribution in [-0.4, -0.2) is 53.1 Å². The summed E-state index contributed by atoms with van der Waals surface area (Å²) < 4.78 is 11.2. The highest BCUT2D eigenvalue weighted by Crippen LogP contribution is 2.23. The number of hydrogen-bond acceptors (Lipinski definition) is 5. The Hall–Kier alpha value is -0.200. The molecule has 1 rings (SSSR count). The molecule has 0 bridgehead atoms. The van der Waals surface area contributed by atoms with Crippen LogP contribution >= 0.6 is 0 Å². The molecule has 1 unspecified atom stereocenters. The molecule has 1 heterocycles. The number of unbranched alkanes of at least 4 members (excludes halogenated alkanes) is 10. The minimum atomic E-state index is -1.20. The molecule has 1 fully saturated rings. The van der Waals surface area contributed by atoms with Gasteiger partial charge in [0.05, 0.1) is 13.2 Å². The summed E-state index contributed by atoms with van der Waals surface area (Å²) in [7, 11) is 0. The maximum Gasteiger partial charge on any atom is 0.186 e. The molecule has 0 aromatic rings. The van der Waals surface area contributed by atoms with Gasteiger partial charge in [0.25, 0.3) is 0 Å². The van der Waals surface area contributed by atoms with Gasteiger partial charge in [-0.1, -0.05) is 90.9 Å². The van der Waals surface area contributed by atoms with Gasteiger partial charge in [0.2, 0.25) is 0 Å². The van der Waals surface area contributed by atoms with Gasteiger partial charge in [-0.2, -0.15) is 0 Å². The Morgan fingerprint density at radius 2 is 1.25 bits per heavy atom. The first-order valence-corrected chi connectivity index (χ1v) is 11.9. The van der Waals surface area contributed by atoms with Gasteiger partial charge in [0, 0.05) is 0 Å². The molecule has 168 valence electrons. The van der Waals surface area contributed by atoms with Gasteiger partial charge in [-0.25, -0.2) is 0 Å². The normalized spacial score (nSPS) is 25.5. The fourth-order valence-corrected chi connectivity index (χ4v) is 3.89. The highest BCUT2D eigenvalue weighted by Gasteiger charge is 2.38. The fraction of sp³-hybridized carbons (Fsp3) is 1.00. The van der Waals surface area contributed by atoms with Gasteiger partial charge in [-0.15, -0.1) is 0 Å². The largest absolute Gasteiger partial charge is 0.388 e. The molecule has 0 amide bonds. The van der Waals surface area contributed by atoms with Crippen LogP contribution in [0.25, 0.3) is 0 Å². The summed E-state index contributed by atoms with van der Waals surface area (Å²) in [5.74, 6) is 0.470. The maximum atomic E-state index is 10.1. The van der Waals surface area contributed by atoms with E-state index >= 15 is 0 Å². The van der Waals surface area contributed by atoms with Crippen LogP contribution in [0.4, 0.5) is 0 Å². The number of aliphatic hydroxyl groups excluding tert-OH is 3. The number of rotatable bonds is 17. The predicted molar refractivity (Wildman–Crippen MR) is 113 cm³/mol. The second-order valence-corrected chi connectivity index (χ2v) is 8.56. The monoisotopic (exact) mass is 402 g/mol. The third-order valence-corrected chi connectivity index (χ3v) is 5.88. The minimum Gasteiger partial charge on any atom is -0.388 e. The molecule has 1 saturated heterocycles. The summed E-state index contributed by atoms with van der Waals surface area (Å²) in [5.41, 5.74) is 0. The molecule has 28 heavy (non-hydrogen) atoms. The van der Waals surface area contributed by atoms with E-state index in [4.69, 9.17) is 9.47 Å². The van der Waals surface area contributed by atoms with E-state index in [1.807, 2.05) is 0 Å². The first kappa shape index (κ1) is 25.8. The zero-order valence-corrected chi connectivity index (χ0v) is 18.4. The van der Waals surface area contributed by atoms with Gasteiger partial charge >= 0.3 is 0 Å². The van der Waals surface area contributed by atoms with Crippen LogP contribution in [0.5, 0.6) is 0 Å². The average Bonchev–Trinajstić information content (AvgIpc) is 2.70. The Kier molecular flexibility index (Phi) is 15.3. The number of aliphatic hydroxyl groups is 3. The maximum absolute atomic E-state index is 10.1. The van der Waals surface area contributed by atoms with E-state index in [9.17, 15) is 15.3 Å². The summed E-state index contributed by atoms with van der Waals surface area (Å²) in [6.45, 7) is 5.04. The Morgan fingerprint density at radius 1 is 0.750 bits per heavy atom. The van der Waals surface area contributed by atoms with E-state index in [0.717, 1.165) is 12.8 Å². The molecule has 0 spiro atoms. The van der Waals surface area contributed by atoms with Crippen molar-refractivity contribution in [3.8, 4) is 0 Å². The second kappa shape index (κ2) is 16.6. The van der Waals surface area contributed by atoms with E-state index in [1.54, 1.807) is 0 Å². The predicted octanol–water partition coefficient (Wildman–Crippen LogP) is 4.56. The molecule has 3 N–H and O–H groups in total. The molecule has 0 aliphatic carbocycles. The Labute approximate surface area is 172 Å². The van der Waals surface area contributed by atoms with Gasteiger partial charge in [-0.3, -0.25) is 0 Å². The van der Waals surface area contributed by atoms with Crippen molar-refractivity contribution in [2.75, 3.05) is 13.2 Å². The average molecular weight is 403 g/mol. The van der Waals surface area contributed by atoms with Gasteiger partial charge < -0.3 is 24.8 Å². The van der Waals surface area contributed by atoms with Crippen LogP contribution in [0.1, 0.15) is 104 Å². The summed E-state index contributed by atoms with van der Waals surface area (Å²) in [6.07, 6.45) is 13.5. The summed E-state index contributed by atoms with van der Waals surface area (Å²) in [5, 5.41) is 29.4. The van der Waals surface area contributed by atoms with Crippen molar-refractivity contribution < 1.29 is 24.8 Å². The molecular weight excluding hydrogens is 356 g/mol. The van der Waals surface area contributed by atoms with E-state index < -0.39 is 24.6 Å². The Bertz CT molecular complexity index is 336. The van der Waals surface area contributed by atoms with Crippen LogP contribution in [-0.2, 0) is 9.47 Å². The van der Waals surface area contributed by atoms with E-state index in [2.05, 4.69) is 13.8 Å². The van der Waals surface area contributed by atoms with Crippen molar-refractivity contribution in [1.82, 2.24) is 0 Å². The van der Waals surface area contributed by atoms with Crippen molar-refractivity contribution in [1.29, 1.82) is 0 Å². The van der Waals surface area contributed by atoms with E-state index in [-0.39, 0.29) is 6.61 Å². The highest BCUT2D eigenvalue weighted by molar-refractivity contribution is 4.82. The van der Waals surface area contributed by atoms with Crippen LogP contribution in [0.2, 0.25) is 0 Å². The standard InChI is InChI=1S/C23H46O5/c1-3-5-7-9-11-13-15-19(16-14-12-10-8-6-4-2)17-27-23-22(26)21(25)20(24)18-28-23/h19-26H,3-18H2,1-2H3/t20-,21+,22-,23?/m1/s1. The molecule has 5 nitrogen and oxygen atoms in total. The minimum absolute atomic E-state index is 0.00240. The van der Waals surface area contributed by atoms with E-state index in [0.29, 0.717) is 12.5 Å². The van der Waals surface area contributed by atoms with Gasteiger partial charge in [-0.05, 0) is 18.8 Å². The van der Waals surface area contributed by atoms with Crippen molar-refractivity contribution in [2.45, 2.75) is 128 Å². The van der Waals surface area contributed by atoms with Gasteiger partial charge in [0.1, 0.15) is 18.3 Å². The lowest BCUT2D eigenvalue weighted by Crippen LogP contribution is -2.53. The molecule has 1 aliphatic heterocycles. The molecular formula is C23H46O5. The molecule has 0 radical (unpaired) electrons. The zero-order chi connectivity index (χ0) is 20.6. The van der Waals surface area contributed by atoms with Crippen LogP contribution in [0.15, 0.2) is 0 Å². The Morgan fingerprint density at radius 3 is 1.79 bits per heavy atom. The van der Waals surface area contributed by atoms with Crippen molar-refractivity contribution >= 4 is 0 Å². The number of ether oxygens (including phenoxy) is 2. The van der Waals surface area contributed by atoms with Crippen LogP contribution in [0, 0.1) is 5.92 Å². The first-order valence-electron chi connectivity index (χ1n) is 11.9. The lowest BCUT2D eigenvalue weighted by atomic mass is 9.94. The third kappa shape index (κ3) is 11.1. The first-order chi connectivity index (χ1) is 13.6. The topological polar surface area (TPSA) is 79.2 Å². The highest BCUT2D eigenvalue weighted by atomic mass is 16.7. The summed E-state index contributed by atoms with van der Waals surface area (Å²) in [4.78, 5) is 0. The molecule has 0 saturated carbocycles. The van der Waals surface area contributed by atoms with Crippen molar-refractivity contribution in [3.05, 3.63) is 0 Å². The smallest absolute Gasteiger partial charge is 0.186 e. The van der Waals surface area contributed by atoms with Crippen molar-refractivity contribution in [3.63, 3.8) is 0 Å². The second-order valence-electron chi connectivity index (χ2n) is 8.56. The quantitative estimate of drug-likeness (QED) is 0.311. The van der Waals surface area contributed by atoms with Crippen LogP contribution < -0.4 is 0 Å². The lowest BCUT2D eigenvalue weighted by Gasteiger charge is -2.35. The van der Waals surface area contributed by atoms with Gasteiger partial charge in [0.15, 0.2) is 6.29 Å². The molecule has 0 aromatic carbocycles. The summed E-state index contributed by atoms with van der Waals surface area (Å²) >= 11 is 0. The Balaban J connectivity index is 2.32. The fourth-order valence-electron chi connectivity index (χ4n) is 3.89. The molecule has 0 aromatic heterocycles. The molecule has 5 heteroatoms. The third-order valence-electron chi connectivity index (χ3n) is 5.88. The number of hydrogen-bond donors (Lipinski definition) is 3. The summed E-state index contributed by atoms with van der Waals surface area (Å²) in [6, 6.07) is 0. The zero-order valence-electron chi connectivity index (χ0n) is 18.4. The SMILES string of the molecule is CCCCCCCCC(CCCCCCCC)COC1OC[C@@H](O)[C@H](O)[C@H]1O. The molecule has 4 atom stereocenters. The van der Waals surface area contributed by atoms with Crippen LogP contribution in [0.3, 0.4) is 0 Å². The lowest BCUT2D eigenvalue weighted by molar-refractivity contribution is -0.272. The van der Waals surface area contributed by atoms with E-state index in [1.165, 1.54) is 77.0 Å². The van der Waals surface area contributed by atoms with Crippen molar-refractivity contribution in [2.24, 2.45) is 5.92 Å².